The Morgan fingerprint density at radius 2 is 1.93 bits per heavy atom. The number of benzene rings is 1. The van der Waals surface area contributed by atoms with E-state index >= 15 is 0 Å². The minimum Gasteiger partial charge on any atom is -0.355 e. The second kappa shape index (κ2) is 6.49. The zero-order valence-electron chi connectivity index (χ0n) is 16.3. The van der Waals surface area contributed by atoms with Crippen molar-refractivity contribution in [3.8, 4) is 0 Å². The van der Waals surface area contributed by atoms with Crippen molar-refractivity contribution in [1.82, 2.24) is 14.4 Å². The summed E-state index contributed by atoms with van der Waals surface area (Å²) in [6.45, 7) is 6.50. The molecule has 1 saturated heterocycles. The summed E-state index contributed by atoms with van der Waals surface area (Å²) in [4.78, 5) is 11.5. The van der Waals surface area contributed by atoms with E-state index in [0.717, 1.165) is 29.2 Å². The Kier molecular flexibility index (Phi) is 4.29. The van der Waals surface area contributed by atoms with Gasteiger partial charge in [-0.2, -0.15) is 12.6 Å². The summed E-state index contributed by atoms with van der Waals surface area (Å²) >= 11 is 8.38. The summed E-state index contributed by atoms with van der Waals surface area (Å²) in [5, 5.41) is 0. The second-order valence-electron chi connectivity index (χ2n) is 8.88. The highest BCUT2D eigenvalue weighted by atomic mass is 79.9. The van der Waals surface area contributed by atoms with Gasteiger partial charge >= 0.3 is 0 Å². The van der Waals surface area contributed by atoms with Crippen molar-refractivity contribution in [2.45, 2.75) is 44.3 Å². The van der Waals surface area contributed by atoms with E-state index < -0.39 is 0 Å². The normalized spacial score (nSPS) is 18.8. The molecule has 3 aromatic rings. The molecule has 1 fully saturated rings. The first-order valence-electron chi connectivity index (χ1n) is 9.93. The summed E-state index contributed by atoms with van der Waals surface area (Å²) < 4.78 is 2.79. The van der Waals surface area contributed by atoms with Crippen LogP contribution >= 0.6 is 28.6 Å². The van der Waals surface area contributed by atoms with E-state index in [1.807, 2.05) is 18.6 Å². The van der Waals surface area contributed by atoms with Crippen molar-refractivity contribution in [2.24, 2.45) is 5.41 Å². The lowest BCUT2D eigenvalue weighted by Gasteiger charge is -2.40. The number of aromatic nitrogens is 3. The Hall–Kier alpha value is -1.53. The first kappa shape index (κ1) is 18.5. The molecule has 4 nitrogen and oxygen atoms in total. The van der Waals surface area contributed by atoms with Gasteiger partial charge in [0.25, 0.3) is 0 Å². The topological polar surface area (TPSA) is 33.4 Å². The highest BCUT2D eigenvalue weighted by molar-refractivity contribution is 9.10. The minimum absolute atomic E-state index is 0.0907. The van der Waals surface area contributed by atoms with Crippen LogP contribution in [0.25, 0.3) is 5.52 Å². The molecular formula is C22H25BrN4S. The first-order chi connectivity index (χ1) is 13.4. The zero-order chi connectivity index (χ0) is 19.5. The number of thiol groups is 1. The fourth-order valence-corrected chi connectivity index (χ4v) is 5.72. The fourth-order valence-electron chi connectivity index (χ4n) is 5.10. The van der Waals surface area contributed by atoms with Gasteiger partial charge in [0.15, 0.2) is 10.6 Å². The number of rotatable bonds is 2. The van der Waals surface area contributed by atoms with Crippen LogP contribution in [0.4, 0.5) is 5.82 Å². The van der Waals surface area contributed by atoms with Gasteiger partial charge in [0.1, 0.15) is 5.52 Å². The molecule has 2 aliphatic rings. The number of piperidine rings is 1. The van der Waals surface area contributed by atoms with Crippen molar-refractivity contribution in [2.75, 3.05) is 18.0 Å². The van der Waals surface area contributed by atoms with Crippen LogP contribution < -0.4 is 4.90 Å². The number of hydrogen-bond donors (Lipinski definition) is 1. The maximum Gasteiger partial charge on any atom is 0.181 e. The lowest BCUT2D eigenvalue weighted by molar-refractivity contribution is 0.232. The van der Waals surface area contributed by atoms with Crippen LogP contribution in [0.1, 0.15) is 43.4 Å². The van der Waals surface area contributed by atoms with Gasteiger partial charge in [0, 0.05) is 30.2 Å². The van der Waals surface area contributed by atoms with Crippen molar-refractivity contribution >= 4 is 39.9 Å². The predicted octanol–water partition coefficient (Wildman–Crippen LogP) is 5.04. The third-order valence-electron chi connectivity index (χ3n) is 6.57. The van der Waals surface area contributed by atoms with E-state index in [1.165, 1.54) is 36.8 Å². The van der Waals surface area contributed by atoms with Crippen LogP contribution in [0, 0.1) is 5.41 Å². The number of anilines is 1. The number of fused-ring (bicyclic) bond motifs is 2. The molecule has 1 spiro atoms. The molecule has 0 radical (unpaired) electrons. The van der Waals surface area contributed by atoms with Gasteiger partial charge in [0.05, 0.1) is 6.20 Å². The smallest absolute Gasteiger partial charge is 0.181 e. The van der Waals surface area contributed by atoms with Gasteiger partial charge in [0.2, 0.25) is 0 Å². The van der Waals surface area contributed by atoms with Gasteiger partial charge < -0.3 is 4.90 Å². The van der Waals surface area contributed by atoms with Crippen LogP contribution in [0.5, 0.6) is 0 Å². The molecule has 3 heterocycles. The lowest BCUT2D eigenvalue weighted by atomic mass is 9.75. The Balaban J connectivity index is 1.39. The standard InChI is InChI=1S/C22H25BrN4S/c1-21(2,28)17-5-3-4-15-12-22(13-16(15)17)6-9-26(10-7-22)19-18-14-25-20(23)27(18)11-8-24-19/h3-5,8,11,14,28H,6-7,9-10,12-13H2,1-2H3. The number of imidazole rings is 1. The van der Waals surface area contributed by atoms with Crippen molar-refractivity contribution in [3.05, 3.63) is 58.2 Å². The molecule has 0 unspecified atom stereocenters. The Bertz CT molecular complexity index is 1040. The third-order valence-corrected chi connectivity index (χ3v) is 7.39. The SMILES string of the molecule is CC(C)(S)c1cccc2c1CC1(CCN(c3nccn4c(Br)ncc34)CC1)C2. The van der Waals surface area contributed by atoms with E-state index in [4.69, 9.17) is 12.6 Å². The highest BCUT2D eigenvalue weighted by Crippen LogP contribution is 2.48. The summed E-state index contributed by atoms with van der Waals surface area (Å²) in [6.07, 6.45) is 10.5. The molecule has 146 valence electrons. The van der Waals surface area contributed by atoms with Crippen LogP contribution in [-0.2, 0) is 17.6 Å². The van der Waals surface area contributed by atoms with Gasteiger partial charge in [-0.05, 0) is 77.6 Å². The molecule has 1 aromatic carbocycles. The fraction of sp³-hybridized carbons (Fsp3) is 0.455. The zero-order valence-corrected chi connectivity index (χ0v) is 18.8. The summed E-state index contributed by atoms with van der Waals surface area (Å²) in [5.41, 5.74) is 5.95. The van der Waals surface area contributed by atoms with Crippen molar-refractivity contribution in [1.29, 1.82) is 0 Å². The Labute approximate surface area is 179 Å². The largest absolute Gasteiger partial charge is 0.355 e. The summed E-state index contributed by atoms with van der Waals surface area (Å²) in [5.74, 6) is 1.04. The molecule has 2 aromatic heterocycles. The molecule has 1 aliphatic carbocycles. The van der Waals surface area contributed by atoms with Gasteiger partial charge in [-0.1, -0.05) is 18.2 Å². The molecule has 0 N–H and O–H groups in total. The summed E-state index contributed by atoms with van der Waals surface area (Å²) in [7, 11) is 0. The maximum absolute atomic E-state index is 4.86. The highest BCUT2D eigenvalue weighted by Gasteiger charge is 2.42. The van der Waals surface area contributed by atoms with Gasteiger partial charge in [-0.15, -0.1) is 0 Å². The Morgan fingerprint density at radius 1 is 1.14 bits per heavy atom. The molecule has 5 rings (SSSR count). The van der Waals surface area contributed by atoms with Crippen LogP contribution in [0.2, 0.25) is 0 Å². The second-order valence-corrected chi connectivity index (χ2v) is 10.7. The van der Waals surface area contributed by atoms with Crippen LogP contribution in [0.3, 0.4) is 0 Å². The van der Waals surface area contributed by atoms with E-state index in [9.17, 15) is 0 Å². The average molecular weight is 457 g/mol. The predicted molar refractivity (Wildman–Crippen MR) is 120 cm³/mol. The maximum atomic E-state index is 4.86. The first-order valence-corrected chi connectivity index (χ1v) is 11.2. The van der Waals surface area contributed by atoms with Gasteiger partial charge in [-0.3, -0.25) is 4.40 Å². The molecule has 0 amide bonds. The van der Waals surface area contributed by atoms with Crippen LogP contribution in [0.15, 0.2) is 41.5 Å². The molecular weight excluding hydrogens is 432 g/mol. The third kappa shape index (κ3) is 2.96. The van der Waals surface area contributed by atoms with Crippen molar-refractivity contribution in [3.63, 3.8) is 0 Å². The average Bonchev–Trinajstić information content (AvgIpc) is 3.22. The molecule has 0 saturated carbocycles. The molecule has 28 heavy (non-hydrogen) atoms. The summed E-state index contributed by atoms with van der Waals surface area (Å²) in [6, 6.07) is 6.80. The quantitative estimate of drug-likeness (QED) is 0.548. The molecule has 6 heteroatoms. The molecule has 0 atom stereocenters. The van der Waals surface area contributed by atoms with E-state index in [0.29, 0.717) is 5.41 Å². The monoisotopic (exact) mass is 456 g/mol. The van der Waals surface area contributed by atoms with Gasteiger partial charge in [-0.25, -0.2) is 9.97 Å². The minimum atomic E-state index is -0.0907. The van der Waals surface area contributed by atoms with Crippen molar-refractivity contribution < 1.29 is 0 Å². The van der Waals surface area contributed by atoms with E-state index in [2.05, 4.69) is 67.2 Å². The molecule has 1 aliphatic heterocycles. The number of hydrogen-bond acceptors (Lipinski definition) is 4. The number of halogens is 1. The van der Waals surface area contributed by atoms with E-state index in [-0.39, 0.29) is 4.75 Å². The molecule has 0 bridgehead atoms. The van der Waals surface area contributed by atoms with Crippen LogP contribution in [-0.4, -0.2) is 27.5 Å². The number of nitrogens with zero attached hydrogens (tertiary/aromatic N) is 4. The van der Waals surface area contributed by atoms with E-state index in [1.54, 1.807) is 5.56 Å². The lowest BCUT2D eigenvalue weighted by Crippen LogP contribution is -2.41. The Morgan fingerprint density at radius 3 is 2.68 bits per heavy atom.